The minimum atomic E-state index is 0.623. The highest BCUT2D eigenvalue weighted by molar-refractivity contribution is 4.75. The number of likely N-dealkylation sites (N-methyl/N-ethyl adjacent to an activating group) is 1. The van der Waals surface area contributed by atoms with Crippen LogP contribution in [0.25, 0.3) is 0 Å². The summed E-state index contributed by atoms with van der Waals surface area (Å²) in [7, 11) is 4.30. The van der Waals surface area contributed by atoms with Crippen molar-refractivity contribution in [3.63, 3.8) is 0 Å². The zero-order valence-corrected chi connectivity index (χ0v) is 12.8. The molecule has 1 unspecified atom stereocenters. The lowest BCUT2D eigenvalue weighted by atomic mass is 10.2. The van der Waals surface area contributed by atoms with Crippen molar-refractivity contribution in [2.24, 2.45) is 0 Å². The molecule has 0 bridgehead atoms. The normalized spacial score (nSPS) is 20.5. The van der Waals surface area contributed by atoms with E-state index >= 15 is 0 Å². The predicted octanol–water partition coefficient (Wildman–Crippen LogP) is 0.554. The van der Waals surface area contributed by atoms with Gasteiger partial charge >= 0.3 is 0 Å². The van der Waals surface area contributed by atoms with Crippen molar-refractivity contribution in [3.8, 4) is 0 Å². The third-order valence-electron chi connectivity index (χ3n) is 3.60. The molecule has 1 heterocycles. The van der Waals surface area contributed by atoms with Gasteiger partial charge in [-0.3, -0.25) is 9.80 Å². The van der Waals surface area contributed by atoms with Gasteiger partial charge < -0.3 is 10.2 Å². The summed E-state index contributed by atoms with van der Waals surface area (Å²) in [4.78, 5) is 7.45. The Bertz CT molecular complexity index is 200. The molecule has 0 radical (unpaired) electrons. The van der Waals surface area contributed by atoms with E-state index in [0.717, 1.165) is 6.54 Å². The van der Waals surface area contributed by atoms with Gasteiger partial charge in [0.25, 0.3) is 0 Å². The van der Waals surface area contributed by atoms with Crippen molar-refractivity contribution in [2.45, 2.75) is 26.3 Å². The van der Waals surface area contributed by atoms with Crippen LogP contribution in [0.4, 0.5) is 0 Å². The molecule has 4 nitrogen and oxygen atoms in total. The minimum Gasteiger partial charge on any atom is -0.313 e. The Morgan fingerprint density at radius 1 is 1.11 bits per heavy atom. The van der Waals surface area contributed by atoms with Crippen LogP contribution in [-0.2, 0) is 0 Å². The molecule has 1 atom stereocenters. The quantitative estimate of drug-likeness (QED) is 0.685. The van der Waals surface area contributed by atoms with Crippen LogP contribution in [0.2, 0.25) is 0 Å². The van der Waals surface area contributed by atoms with Gasteiger partial charge in [0.2, 0.25) is 0 Å². The fourth-order valence-corrected chi connectivity index (χ4v) is 2.38. The fraction of sp³-hybridized carbons (Fsp3) is 1.00. The summed E-state index contributed by atoms with van der Waals surface area (Å²) in [6.45, 7) is 14.2. The summed E-state index contributed by atoms with van der Waals surface area (Å²) < 4.78 is 0. The highest BCUT2D eigenvalue weighted by Crippen LogP contribution is 2.02. The maximum absolute atomic E-state index is 3.57. The Morgan fingerprint density at radius 2 is 1.72 bits per heavy atom. The fourth-order valence-electron chi connectivity index (χ4n) is 2.38. The molecular formula is C14H32N4. The summed E-state index contributed by atoms with van der Waals surface area (Å²) in [6, 6.07) is 0.623. The highest BCUT2D eigenvalue weighted by atomic mass is 15.3. The molecule has 18 heavy (non-hydrogen) atoms. The lowest BCUT2D eigenvalue weighted by Crippen LogP contribution is -2.51. The lowest BCUT2D eigenvalue weighted by Gasteiger charge is -2.36. The first-order valence-corrected chi connectivity index (χ1v) is 7.44. The summed E-state index contributed by atoms with van der Waals surface area (Å²) in [5, 5.41) is 3.57. The number of nitrogens with one attached hydrogen (secondary N) is 1. The molecular weight excluding hydrogens is 224 g/mol. The van der Waals surface area contributed by atoms with E-state index in [4.69, 9.17) is 0 Å². The molecule has 1 N–H and O–H groups in total. The number of rotatable bonds is 8. The van der Waals surface area contributed by atoms with Gasteiger partial charge in [-0.2, -0.15) is 0 Å². The molecule has 0 aromatic heterocycles. The van der Waals surface area contributed by atoms with Crippen LogP contribution in [0.3, 0.4) is 0 Å². The first-order valence-electron chi connectivity index (χ1n) is 7.44. The van der Waals surface area contributed by atoms with Crippen molar-refractivity contribution >= 4 is 0 Å². The van der Waals surface area contributed by atoms with E-state index in [9.17, 15) is 0 Å². The first-order chi connectivity index (χ1) is 8.61. The van der Waals surface area contributed by atoms with Gasteiger partial charge in [-0.05, 0) is 34.0 Å². The van der Waals surface area contributed by atoms with E-state index in [1.165, 1.54) is 52.2 Å². The van der Waals surface area contributed by atoms with Gasteiger partial charge in [0.15, 0.2) is 0 Å². The second-order valence-corrected chi connectivity index (χ2v) is 5.80. The second kappa shape index (κ2) is 8.86. The average Bonchev–Trinajstić information content (AvgIpc) is 2.35. The standard InChI is InChI=1S/C14H32N4/c1-5-6-15-14(2)13-18-11-9-17(10-12-18)8-7-16(3)4/h14-15H,5-13H2,1-4H3. The molecule has 0 saturated carbocycles. The van der Waals surface area contributed by atoms with Gasteiger partial charge in [-0.1, -0.05) is 6.92 Å². The Hall–Kier alpha value is -0.160. The smallest absolute Gasteiger partial charge is 0.0166 e. The van der Waals surface area contributed by atoms with E-state index < -0.39 is 0 Å². The molecule has 0 aliphatic carbocycles. The Morgan fingerprint density at radius 3 is 2.28 bits per heavy atom. The molecule has 1 fully saturated rings. The van der Waals surface area contributed by atoms with Gasteiger partial charge in [-0.15, -0.1) is 0 Å². The largest absolute Gasteiger partial charge is 0.313 e. The Balaban J connectivity index is 2.11. The molecule has 0 aromatic rings. The van der Waals surface area contributed by atoms with Gasteiger partial charge in [0.1, 0.15) is 0 Å². The number of hydrogen-bond acceptors (Lipinski definition) is 4. The molecule has 4 heteroatoms. The maximum atomic E-state index is 3.57. The summed E-state index contributed by atoms with van der Waals surface area (Å²) in [5.74, 6) is 0. The Kier molecular flexibility index (Phi) is 7.82. The zero-order valence-electron chi connectivity index (χ0n) is 12.8. The highest BCUT2D eigenvalue weighted by Gasteiger charge is 2.17. The summed E-state index contributed by atoms with van der Waals surface area (Å²) >= 11 is 0. The minimum absolute atomic E-state index is 0.623. The number of nitrogens with zero attached hydrogens (tertiary/aromatic N) is 3. The number of hydrogen-bond donors (Lipinski definition) is 1. The van der Waals surface area contributed by atoms with Crippen LogP contribution in [-0.4, -0.2) is 87.2 Å². The lowest BCUT2D eigenvalue weighted by molar-refractivity contribution is 0.118. The molecule has 0 aromatic carbocycles. The van der Waals surface area contributed by atoms with Crippen LogP contribution < -0.4 is 5.32 Å². The van der Waals surface area contributed by atoms with E-state index in [1.807, 2.05) is 0 Å². The van der Waals surface area contributed by atoms with E-state index in [1.54, 1.807) is 0 Å². The summed E-state index contributed by atoms with van der Waals surface area (Å²) in [5.41, 5.74) is 0. The van der Waals surface area contributed by atoms with Crippen LogP contribution in [0.15, 0.2) is 0 Å². The van der Waals surface area contributed by atoms with E-state index in [-0.39, 0.29) is 0 Å². The molecule has 1 aliphatic heterocycles. The van der Waals surface area contributed by atoms with Gasteiger partial charge in [0.05, 0.1) is 0 Å². The van der Waals surface area contributed by atoms with Crippen LogP contribution in [0, 0.1) is 0 Å². The van der Waals surface area contributed by atoms with Crippen molar-refractivity contribution in [3.05, 3.63) is 0 Å². The predicted molar refractivity (Wildman–Crippen MR) is 79.2 cm³/mol. The average molecular weight is 256 g/mol. The van der Waals surface area contributed by atoms with Crippen LogP contribution in [0.1, 0.15) is 20.3 Å². The zero-order chi connectivity index (χ0) is 13.4. The van der Waals surface area contributed by atoms with Gasteiger partial charge in [-0.25, -0.2) is 0 Å². The van der Waals surface area contributed by atoms with Gasteiger partial charge in [0, 0.05) is 51.9 Å². The molecule has 1 saturated heterocycles. The molecule has 0 spiro atoms. The van der Waals surface area contributed by atoms with Crippen molar-refractivity contribution in [1.82, 2.24) is 20.0 Å². The van der Waals surface area contributed by atoms with Crippen molar-refractivity contribution in [1.29, 1.82) is 0 Å². The summed E-state index contributed by atoms with van der Waals surface area (Å²) in [6.07, 6.45) is 1.22. The van der Waals surface area contributed by atoms with E-state index in [0.29, 0.717) is 6.04 Å². The van der Waals surface area contributed by atoms with Crippen molar-refractivity contribution < 1.29 is 0 Å². The Labute approximate surface area is 113 Å². The third kappa shape index (κ3) is 6.69. The molecule has 108 valence electrons. The monoisotopic (exact) mass is 256 g/mol. The second-order valence-electron chi connectivity index (χ2n) is 5.80. The van der Waals surface area contributed by atoms with Crippen LogP contribution in [0.5, 0.6) is 0 Å². The first kappa shape index (κ1) is 15.9. The van der Waals surface area contributed by atoms with Crippen LogP contribution >= 0.6 is 0 Å². The SMILES string of the molecule is CCCNC(C)CN1CCN(CCN(C)C)CC1. The molecule has 1 aliphatic rings. The topological polar surface area (TPSA) is 21.8 Å². The van der Waals surface area contributed by atoms with Crippen molar-refractivity contribution in [2.75, 3.05) is 66.5 Å². The molecule has 1 rings (SSSR count). The number of piperazine rings is 1. The molecule has 0 amide bonds. The van der Waals surface area contributed by atoms with E-state index in [2.05, 4.69) is 48.0 Å². The third-order valence-corrected chi connectivity index (χ3v) is 3.60. The maximum Gasteiger partial charge on any atom is 0.0166 e.